The van der Waals surface area contributed by atoms with Crippen LogP contribution in [-0.4, -0.2) is 38.4 Å². The second-order valence-corrected chi connectivity index (χ2v) is 7.98. The van der Waals surface area contributed by atoms with Crippen LogP contribution in [0.15, 0.2) is 18.3 Å². The molecular weight excluding hydrogens is 330 g/mol. The lowest BCUT2D eigenvalue weighted by Gasteiger charge is -2.22. The number of hydrogen-bond donors (Lipinski definition) is 2. The molecule has 1 amide bonds. The Balaban J connectivity index is 1.63. The fraction of sp³-hybridized carbons (Fsp3) is 0.632. The predicted molar refractivity (Wildman–Crippen MR) is 101 cm³/mol. The first-order valence-corrected chi connectivity index (χ1v) is 9.44. The van der Waals surface area contributed by atoms with Crippen molar-refractivity contribution in [2.45, 2.75) is 77.5 Å². The summed E-state index contributed by atoms with van der Waals surface area (Å²) in [4.78, 5) is 16.6. The van der Waals surface area contributed by atoms with E-state index in [1.54, 1.807) is 6.20 Å². The van der Waals surface area contributed by atoms with Gasteiger partial charge in [-0.15, -0.1) is 0 Å². The van der Waals surface area contributed by atoms with Gasteiger partial charge in [0.1, 0.15) is 11.4 Å². The number of rotatable bonds is 5. The van der Waals surface area contributed by atoms with Gasteiger partial charge in [0.2, 0.25) is 0 Å². The van der Waals surface area contributed by atoms with Gasteiger partial charge in [-0.2, -0.15) is 9.61 Å². The van der Waals surface area contributed by atoms with Crippen LogP contribution >= 0.6 is 0 Å². The molecule has 0 radical (unpaired) electrons. The highest BCUT2D eigenvalue weighted by Crippen LogP contribution is 2.24. The molecule has 142 valence electrons. The second-order valence-electron chi connectivity index (χ2n) is 7.98. The van der Waals surface area contributed by atoms with Crippen molar-refractivity contribution in [2.24, 2.45) is 0 Å². The molecule has 2 heterocycles. The van der Waals surface area contributed by atoms with Crippen LogP contribution in [0.25, 0.3) is 5.65 Å². The van der Waals surface area contributed by atoms with E-state index in [1.807, 2.05) is 31.4 Å². The van der Waals surface area contributed by atoms with Crippen molar-refractivity contribution in [3.05, 3.63) is 24.0 Å². The number of anilines is 1. The average Bonchev–Trinajstić information content (AvgIpc) is 3.15. The topological polar surface area (TPSA) is 80.5 Å². The van der Waals surface area contributed by atoms with E-state index in [4.69, 9.17) is 4.74 Å². The van der Waals surface area contributed by atoms with Gasteiger partial charge in [-0.1, -0.05) is 13.3 Å². The van der Waals surface area contributed by atoms with Gasteiger partial charge in [-0.05, 0) is 46.5 Å². The van der Waals surface area contributed by atoms with Gasteiger partial charge in [0.05, 0.1) is 6.20 Å². The first-order valence-electron chi connectivity index (χ1n) is 9.44. The Morgan fingerprint density at radius 2 is 2.12 bits per heavy atom. The summed E-state index contributed by atoms with van der Waals surface area (Å²) in [7, 11) is 0. The van der Waals surface area contributed by atoms with Gasteiger partial charge >= 0.3 is 6.09 Å². The molecule has 1 fully saturated rings. The molecule has 1 saturated carbocycles. The Labute approximate surface area is 154 Å². The number of nitrogens with zero attached hydrogens (tertiary/aromatic N) is 3. The monoisotopic (exact) mass is 359 g/mol. The lowest BCUT2D eigenvalue weighted by atomic mass is 10.2. The van der Waals surface area contributed by atoms with Crippen molar-refractivity contribution >= 4 is 17.6 Å². The normalized spacial score (nSPS) is 20.3. The van der Waals surface area contributed by atoms with Crippen LogP contribution in [0, 0.1) is 0 Å². The van der Waals surface area contributed by atoms with Gasteiger partial charge in [-0.25, -0.2) is 9.78 Å². The van der Waals surface area contributed by atoms with Gasteiger partial charge in [-0.3, -0.25) is 0 Å². The lowest BCUT2D eigenvalue weighted by Crippen LogP contribution is -2.38. The molecule has 0 aliphatic heterocycles. The van der Waals surface area contributed by atoms with Gasteiger partial charge in [0.25, 0.3) is 0 Å². The fourth-order valence-electron chi connectivity index (χ4n) is 3.38. The zero-order valence-electron chi connectivity index (χ0n) is 16.1. The number of amides is 1. The summed E-state index contributed by atoms with van der Waals surface area (Å²) in [5, 5.41) is 10.9. The second kappa shape index (κ2) is 7.51. The number of nitrogens with one attached hydrogen (secondary N) is 2. The SMILES string of the molecule is CCCc1cc(N[C@H]2CC[C@H](NC(=O)OC(C)(C)C)C2)n2nccc2n1. The summed E-state index contributed by atoms with van der Waals surface area (Å²) in [5.41, 5.74) is 1.46. The molecule has 7 nitrogen and oxygen atoms in total. The summed E-state index contributed by atoms with van der Waals surface area (Å²) in [6.07, 6.45) is 6.23. The van der Waals surface area contributed by atoms with Crippen molar-refractivity contribution in [2.75, 3.05) is 5.32 Å². The van der Waals surface area contributed by atoms with Gasteiger partial charge < -0.3 is 15.4 Å². The zero-order chi connectivity index (χ0) is 18.7. The minimum atomic E-state index is -0.473. The summed E-state index contributed by atoms with van der Waals surface area (Å²) in [6, 6.07) is 4.43. The Morgan fingerprint density at radius 1 is 1.35 bits per heavy atom. The molecule has 1 aliphatic carbocycles. The fourth-order valence-corrected chi connectivity index (χ4v) is 3.38. The van der Waals surface area contributed by atoms with Crippen molar-refractivity contribution < 1.29 is 9.53 Å². The first-order chi connectivity index (χ1) is 12.3. The van der Waals surface area contributed by atoms with E-state index < -0.39 is 5.60 Å². The summed E-state index contributed by atoms with van der Waals surface area (Å²) < 4.78 is 7.19. The van der Waals surface area contributed by atoms with Crippen molar-refractivity contribution in [3.63, 3.8) is 0 Å². The van der Waals surface area contributed by atoms with Crippen molar-refractivity contribution in [1.82, 2.24) is 19.9 Å². The maximum absolute atomic E-state index is 12.0. The maximum Gasteiger partial charge on any atom is 0.407 e. The number of carbonyl (C=O) groups is 1. The third kappa shape index (κ3) is 4.65. The third-order valence-electron chi connectivity index (χ3n) is 4.42. The Bertz CT molecular complexity index is 765. The summed E-state index contributed by atoms with van der Waals surface area (Å²) in [5.74, 6) is 0.964. The molecule has 0 saturated heterocycles. The zero-order valence-corrected chi connectivity index (χ0v) is 16.1. The molecular formula is C19H29N5O2. The van der Waals surface area contributed by atoms with E-state index in [1.165, 1.54) is 0 Å². The molecule has 2 atom stereocenters. The van der Waals surface area contributed by atoms with E-state index in [2.05, 4.69) is 33.7 Å². The van der Waals surface area contributed by atoms with Crippen molar-refractivity contribution in [1.29, 1.82) is 0 Å². The number of alkyl carbamates (subject to hydrolysis) is 1. The minimum absolute atomic E-state index is 0.132. The smallest absolute Gasteiger partial charge is 0.407 e. The number of hydrogen-bond acceptors (Lipinski definition) is 5. The minimum Gasteiger partial charge on any atom is -0.444 e. The molecule has 0 aromatic carbocycles. The first kappa shape index (κ1) is 18.5. The molecule has 0 spiro atoms. The van der Waals surface area contributed by atoms with E-state index in [9.17, 15) is 4.79 Å². The number of carbonyl (C=O) groups excluding carboxylic acids is 1. The lowest BCUT2D eigenvalue weighted by molar-refractivity contribution is 0.0505. The van der Waals surface area contributed by atoms with Crippen LogP contribution in [0.5, 0.6) is 0 Å². The number of aryl methyl sites for hydroxylation is 1. The molecule has 26 heavy (non-hydrogen) atoms. The van der Waals surface area contributed by atoms with Crippen LogP contribution in [0.4, 0.5) is 10.6 Å². The van der Waals surface area contributed by atoms with Crippen LogP contribution < -0.4 is 10.6 Å². The van der Waals surface area contributed by atoms with Gasteiger partial charge in [0, 0.05) is 29.9 Å². The Kier molecular flexibility index (Phi) is 5.34. The molecule has 2 N–H and O–H groups in total. The molecule has 2 aromatic rings. The highest BCUT2D eigenvalue weighted by atomic mass is 16.6. The standard InChI is InChI=1S/C19H29N5O2/c1-5-6-13-12-17(24-16(21-13)9-10-20-24)22-14-7-8-15(11-14)23-18(25)26-19(2,3)4/h9-10,12,14-15,22H,5-8,11H2,1-4H3,(H,23,25)/t14-,15-/m0/s1. The molecule has 0 bridgehead atoms. The highest BCUT2D eigenvalue weighted by Gasteiger charge is 2.28. The van der Waals surface area contributed by atoms with E-state index in [0.29, 0.717) is 6.04 Å². The van der Waals surface area contributed by atoms with Crippen LogP contribution in [0.3, 0.4) is 0 Å². The number of fused-ring (bicyclic) bond motifs is 1. The molecule has 0 unspecified atom stereocenters. The number of ether oxygens (including phenoxy) is 1. The molecule has 1 aliphatic rings. The molecule has 2 aromatic heterocycles. The maximum atomic E-state index is 12.0. The molecule has 3 rings (SSSR count). The number of aromatic nitrogens is 3. The van der Waals surface area contributed by atoms with Crippen molar-refractivity contribution in [3.8, 4) is 0 Å². The summed E-state index contributed by atoms with van der Waals surface area (Å²) >= 11 is 0. The predicted octanol–water partition coefficient (Wildman–Crippen LogP) is 3.54. The Morgan fingerprint density at radius 3 is 2.85 bits per heavy atom. The third-order valence-corrected chi connectivity index (χ3v) is 4.42. The van der Waals surface area contributed by atoms with Crippen LogP contribution in [-0.2, 0) is 11.2 Å². The average molecular weight is 359 g/mol. The van der Waals surface area contributed by atoms with E-state index in [0.717, 1.165) is 49.3 Å². The Hall–Kier alpha value is -2.31. The highest BCUT2D eigenvalue weighted by molar-refractivity contribution is 5.68. The van der Waals surface area contributed by atoms with Crippen LogP contribution in [0.1, 0.15) is 59.1 Å². The van der Waals surface area contributed by atoms with E-state index >= 15 is 0 Å². The molecule has 7 heteroatoms. The quantitative estimate of drug-likeness (QED) is 0.853. The van der Waals surface area contributed by atoms with Gasteiger partial charge in [0.15, 0.2) is 5.65 Å². The van der Waals surface area contributed by atoms with E-state index in [-0.39, 0.29) is 12.1 Å². The summed E-state index contributed by atoms with van der Waals surface area (Å²) in [6.45, 7) is 7.77. The largest absolute Gasteiger partial charge is 0.444 e. The van der Waals surface area contributed by atoms with Crippen LogP contribution in [0.2, 0.25) is 0 Å².